The Balaban J connectivity index is 1.53. The highest BCUT2D eigenvalue weighted by Gasteiger charge is 2.23. The molecule has 0 atom stereocenters. The Morgan fingerprint density at radius 3 is 2.00 bits per heavy atom. The van der Waals surface area contributed by atoms with Crippen LogP contribution in [-0.4, -0.2) is 10.9 Å². The Morgan fingerprint density at radius 2 is 1.45 bits per heavy atom. The molecule has 31 heavy (non-hydrogen) atoms. The maximum Gasteiger partial charge on any atom is 0.238 e. The quantitative estimate of drug-likeness (QED) is 0.354. The minimum atomic E-state index is -0.384. The van der Waals surface area contributed by atoms with Gasteiger partial charge in [0.15, 0.2) is 5.13 Å². The molecule has 0 aliphatic rings. The molecule has 0 radical (unpaired) electrons. The number of thiazole rings is 1. The van der Waals surface area contributed by atoms with E-state index < -0.39 is 0 Å². The number of hydrogen-bond acceptors (Lipinski definition) is 3. The average Bonchev–Trinajstić information content (AvgIpc) is 3.24. The maximum atomic E-state index is 13.3. The molecule has 1 aromatic heterocycles. The van der Waals surface area contributed by atoms with Crippen LogP contribution in [0, 0.1) is 5.92 Å². The molecule has 0 bridgehead atoms. The van der Waals surface area contributed by atoms with Crippen LogP contribution >= 0.6 is 11.3 Å². The van der Waals surface area contributed by atoms with E-state index >= 15 is 0 Å². The Bertz CT molecular complexity index is 1080. The Kier molecular flexibility index (Phi) is 6.58. The number of benzene rings is 3. The van der Waals surface area contributed by atoms with Crippen LogP contribution in [0.25, 0.3) is 11.3 Å². The lowest BCUT2D eigenvalue weighted by Crippen LogP contribution is -2.22. The van der Waals surface area contributed by atoms with Gasteiger partial charge in [-0.15, -0.1) is 11.3 Å². The van der Waals surface area contributed by atoms with Crippen molar-refractivity contribution in [2.75, 3.05) is 5.32 Å². The number of carbonyl (C=O) groups excluding carboxylic acids is 1. The summed E-state index contributed by atoms with van der Waals surface area (Å²) in [5.74, 6) is 0.171. The minimum absolute atomic E-state index is 0.0782. The first-order chi connectivity index (χ1) is 15.1. The summed E-state index contributed by atoms with van der Waals surface area (Å²) < 4.78 is 0. The molecule has 1 heterocycles. The number of nitrogens with zero attached hydrogens (tertiary/aromatic N) is 1. The second-order valence-corrected chi connectivity index (χ2v) is 8.93. The minimum Gasteiger partial charge on any atom is -0.301 e. The molecule has 4 aromatic rings. The van der Waals surface area contributed by atoms with E-state index in [1.807, 2.05) is 66.0 Å². The molecule has 1 amide bonds. The third kappa shape index (κ3) is 5.28. The van der Waals surface area contributed by atoms with Crippen molar-refractivity contribution in [2.45, 2.75) is 26.2 Å². The number of carbonyl (C=O) groups is 1. The second-order valence-electron chi connectivity index (χ2n) is 8.08. The van der Waals surface area contributed by atoms with Crippen LogP contribution in [-0.2, 0) is 11.2 Å². The number of amides is 1. The molecule has 156 valence electrons. The Morgan fingerprint density at radius 1 is 0.871 bits per heavy atom. The van der Waals surface area contributed by atoms with Crippen LogP contribution in [0.4, 0.5) is 5.13 Å². The van der Waals surface area contributed by atoms with Gasteiger partial charge >= 0.3 is 0 Å². The third-order valence-electron chi connectivity index (χ3n) is 5.16. The molecule has 3 aromatic carbocycles. The monoisotopic (exact) mass is 426 g/mol. The zero-order chi connectivity index (χ0) is 21.6. The molecule has 0 saturated carbocycles. The van der Waals surface area contributed by atoms with E-state index in [2.05, 4.69) is 48.4 Å². The summed E-state index contributed by atoms with van der Waals surface area (Å²) >= 11 is 1.45. The van der Waals surface area contributed by atoms with Gasteiger partial charge in [-0.2, -0.15) is 0 Å². The smallest absolute Gasteiger partial charge is 0.238 e. The number of aromatic nitrogens is 1. The zero-order valence-corrected chi connectivity index (χ0v) is 18.6. The summed E-state index contributed by atoms with van der Waals surface area (Å²) in [5, 5.41) is 5.64. The van der Waals surface area contributed by atoms with Gasteiger partial charge in [0.05, 0.1) is 11.6 Å². The lowest BCUT2D eigenvalue weighted by Gasteiger charge is -2.17. The molecule has 3 nitrogen and oxygen atoms in total. The van der Waals surface area contributed by atoms with Gasteiger partial charge in [0.1, 0.15) is 0 Å². The predicted octanol–water partition coefficient (Wildman–Crippen LogP) is 6.78. The summed E-state index contributed by atoms with van der Waals surface area (Å²) in [6, 6.07) is 28.3. The van der Waals surface area contributed by atoms with Gasteiger partial charge in [-0.05, 0) is 29.0 Å². The zero-order valence-electron chi connectivity index (χ0n) is 17.8. The van der Waals surface area contributed by atoms with E-state index in [-0.39, 0.29) is 11.8 Å². The SMILES string of the molecule is CC(C)Cc1ccc(-c2csc(NC(=O)C(c3ccccc3)c3ccccc3)n2)cc1. The summed E-state index contributed by atoms with van der Waals surface area (Å²) in [7, 11) is 0. The van der Waals surface area contributed by atoms with Crippen molar-refractivity contribution in [3.63, 3.8) is 0 Å². The summed E-state index contributed by atoms with van der Waals surface area (Å²) in [6.45, 7) is 4.45. The van der Waals surface area contributed by atoms with E-state index in [0.29, 0.717) is 11.0 Å². The highest BCUT2D eigenvalue weighted by molar-refractivity contribution is 7.14. The molecule has 4 rings (SSSR count). The van der Waals surface area contributed by atoms with Gasteiger partial charge in [0, 0.05) is 10.9 Å². The highest BCUT2D eigenvalue weighted by Crippen LogP contribution is 2.29. The second kappa shape index (κ2) is 9.71. The fourth-order valence-corrected chi connectivity index (χ4v) is 4.43. The van der Waals surface area contributed by atoms with Gasteiger partial charge in [0.2, 0.25) is 5.91 Å². The lowest BCUT2D eigenvalue weighted by molar-refractivity contribution is -0.116. The Labute approximate surface area is 187 Å². The molecule has 0 aliphatic carbocycles. The summed E-state index contributed by atoms with van der Waals surface area (Å²) in [6.07, 6.45) is 1.07. The summed E-state index contributed by atoms with van der Waals surface area (Å²) in [5.41, 5.74) is 5.20. The fraction of sp³-hybridized carbons (Fsp3) is 0.185. The third-order valence-corrected chi connectivity index (χ3v) is 5.91. The topological polar surface area (TPSA) is 42.0 Å². The highest BCUT2D eigenvalue weighted by atomic mass is 32.1. The molecule has 0 fully saturated rings. The van der Waals surface area contributed by atoms with Crippen molar-refractivity contribution in [3.05, 3.63) is 107 Å². The van der Waals surface area contributed by atoms with Gasteiger partial charge in [-0.3, -0.25) is 4.79 Å². The van der Waals surface area contributed by atoms with Crippen molar-refractivity contribution in [2.24, 2.45) is 5.92 Å². The Hall–Kier alpha value is -3.24. The van der Waals surface area contributed by atoms with E-state index in [0.717, 1.165) is 28.8 Å². The molecule has 1 N–H and O–H groups in total. The van der Waals surface area contributed by atoms with Gasteiger partial charge in [-0.25, -0.2) is 4.98 Å². The first-order valence-corrected chi connectivity index (χ1v) is 11.4. The van der Waals surface area contributed by atoms with Crippen LogP contribution in [0.1, 0.15) is 36.5 Å². The van der Waals surface area contributed by atoms with Crippen molar-refractivity contribution in [1.82, 2.24) is 4.98 Å². The van der Waals surface area contributed by atoms with Crippen molar-refractivity contribution in [1.29, 1.82) is 0 Å². The van der Waals surface area contributed by atoms with E-state index in [1.165, 1.54) is 16.9 Å². The van der Waals surface area contributed by atoms with Crippen LogP contribution < -0.4 is 5.32 Å². The average molecular weight is 427 g/mol. The fourth-order valence-electron chi connectivity index (χ4n) is 3.71. The molecule has 0 aliphatic heterocycles. The van der Waals surface area contributed by atoms with Crippen molar-refractivity contribution in [3.8, 4) is 11.3 Å². The molecule has 0 unspecified atom stereocenters. The first kappa shape index (κ1) is 21.0. The van der Waals surface area contributed by atoms with E-state index in [9.17, 15) is 4.79 Å². The van der Waals surface area contributed by atoms with Crippen LogP contribution in [0.15, 0.2) is 90.3 Å². The molecule has 4 heteroatoms. The molecular weight excluding hydrogens is 400 g/mol. The molecule has 0 saturated heterocycles. The van der Waals surface area contributed by atoms with Crippen LogP contribution in [0.5, 0.6) is 0 Å². The molecule has 0 spiro atoms. The van der Waals surface area contributed by atoms with Gasteiger partial charge in [-0.1, -0.05) is 98.8 Å². The van der Waals surface area contributed by atoms with Crippen molar-refractivity contribution >= 4 is 22.4 Å². The number of anilines is 1. The van der Waals surface area contributed by atoms with Gasteiger partial charge < -0.3 is 5.32 Å². The number of hydrogen-bond donors (Lipinski definition) is 1. The van der Waals surface area contributed by atoms with Crippen LogP contribution in [0.3, 0.4) is 0 Å². The normalized spacial score (nSPS) is 11.1. The number of rotatable bonds is 7. The van der Waals surface area contributed by atoms with E-state index in [1.54, 1.807) is 0 Å². The van der Waals surface area contributed by atoms with Gasteiger partial charge in [0.25, 0.3) is 0 Å². The lowest BCUT2D eigenvalue weighted by atomic mass is 9.90. The first-order valence-electron chi connectivity index (χ1n) is 10.6. The largest absolute Gasteiger partial charge is 0.301 e. The van der Waals surface area contributed by atoms with Crippen LogP contribution in [0.2, 0.25) is 0 Å². The van der Waals surface area contributed by atoms with Crippen molar-refractivity contribution < 1.29 is 4.79 Å². The summed E-state index contributed by atoms with van der Waals surface area (Å²) in [4.78, 5) is 17.9. The predicted molar refractivity (Wildman–Crippen MR) is 129 cm³/mol. The standard InChI is InChI=1S/C27H26N2OS/c1-19(2)17-20-13-15-21(16-14-20)24-18-31-27(28-24)29-26(30)25(22-9-5-3-6-10-22)23-11-7-4-8-12-23/h3-16,18-19,25H,17H2,1-2H3,(H,28,29,30). The molecular formula is C27H26N2OS. The number of nitrogens with one attached hydrogen (secondary N) is 1. The maximum absolute atomic E-state index is 13.3. The van der Waals surface area contributed by atoms with E-state index in [4.69, 9.17) is 0 Å².